The van der Waals surface area contributed by atoms with Gasteiger partial charge in [0.05, 0.1) is 19.3 Å². The van der Waals surface area contributed by atoms with Crippen LogP contribution < -0.4 is 5.32 Å². The molecule has 0 fully saturated rings. The molecular formula is C13H29NO3. The van der Waals surface area contributed by atoms with E-state index in [0.29, 0.717) is 19.8 Å². The highest BCUT2D eigenvalue weighted by atomic mass is 16.5. The van der Waals surface area contributed by atoms with Gasteiger partial charge in [0.2, 0.25) is 0 Å². The van der Waals surface area contributed by atoms with E-state index in [4.69, 9.17) is 9.47 Å². The third-order valence-corrected chi connectivity index (χ3v) is 2.39. The van der Waals surface area contributed by atoms with Crippen LogP contribution in [0.25, 0.3) is 0 Å². The monoisotopic (exact) mass is 247 g/mol. The minimum absolute atomic E-state index is 0.416. The molecule has 0 rings (SSSR count). The number of ether oxygens (including phenoxy) is 2. The van der Waals surface area contributed by atoms with Crippen molar-refractivity contribution in [3.63, 3.8) is 0 Å². The summed E-state index contributed by atoms with van der Waals surface area (Å²) in [5, 5.41) is 12.7. The predicted molar refractivity (Wildman–Crippen MR) is 70.3 cm³/mol. The van der Waals surface area contributed by atoms with Crippen molar-refractivity contribution >= 4 is 0 Å². The Balaban J connectivity index is 3.14. The molecule has 0 spiro atoms. The Hall–Kier alpha value is -0.160. The van der Waals surface area contributed by atoms with Crippen molar-refractivity contribution in [3.8, 4) is 0 Å². The first-order valence-corrected chi connectivity index (χ1v) is 6.71. The molecule has 4 heteroatoms. The molecule has 0 aliphatic rings. The lowest BCUT2D eigenvalue weighted by Crippen LogP contribution is -2.32. The lowest BCUT2D eigenvalue weighted by atomic mass is 10.1. The van der Waals surface area contributed by atoms with Crippen molar-refractivity contribution in [2.75, 3.05) is 39.5 Å². The molecule has 0 radical (unpaired) electrons. The fourth-order valence-electron chi connectivity index (χ4n) is 1.43. The standard InChI is InChI=1S/C13H29NO3/c1-4-16-9-7-14-10-13(15)11-17-8-5-6-12(2)3/h12-15H,4-11H2,1-3H3. The molecule has 4 nitrogen and oxygen atoms in total. The third kappa shape index (κ3) is 13.8. The summed E-state index contributed by atoms with van der Waals surface area (Å²) in [6.45, 7) is 10.3. The van der Waals surface area contributed by atoms with Gasteiger partial charge >= 0.3 is 0 Å². The van der Waals surface area contributed by atoms with Gasteiger partial charge in [-0.25, -0.2) is 0 Å². The topological polar surface area (TPSA) is 50.7 Å². The van der Waals surface area contributed by atoms with E-state index in [1.807, 2.05) is 6.92 Å². The molecule has 2 N–H and O–H groups in total. The maximum atomic E-state index is 9.59. The Bertz CT molecular complexity index is 154. The quantitative estimate of drug-likeness (QED) is 0.512. The number of aliphatic hydroxyl groups excluding tert-OH is 1. The normalized spacial score (nSPS) is 13.2. The average molecular weight is 247 g/mol. The van der Waals surface area contributed by atoms with Crippen LogP contribution in [0, 0.1) is 5.92 Å². The van der Waals surface area contributed by atoms with Gasteiger partial charge in [0.1, 0.15) is 0 Å². The molecule has 104 valence electrons. The average Bonchev–Trinajstić information content (AvgIpc) is 2.28. The summed E-state index contributed by atoms with van der Waals surface area (Å²) < 4.78 is 10.6. The molecule has 1 unspecified atom stereocenters. The van der Waals surface area contributed by atoms with Crippen molar-refractivity contribution in [1.29, 1.82) is 0 Å². The van der Waals surface area contributed by atoms with Gasteiger partial charge < -0.3 is 19.9 Å². The zero-order valence-corrected chi connectivity index (χ0v) is 11.6. The third-order valence-electron chi connectivity index (χ3n) is 2.39. The molecule has 0 saturated carbocycles. The van der Waals surface area contributed by atoms with Crippen LogP contribution in [-0.2, 0) is 9.47 Å². The molecule has 0 aromatic rings. The van der Waals surface area contributed by atoms with Crippen LogP contribution in [0.4, 0.5) is 0 Å². The second-order valence-electron chi connectivity index (χ2n) is 4.67. The first-order chi connectivity index (χ1) is 8.16. The second-order valence-corrected chi connectivity index (χ2v) is 4.67. The summed E-state index contributed by atoms with van der Waals surface area (Å²) in [4.78, 5) is 0. The van der Waals surface area contributed by atoms with Gasteiger partial charge in [-0.2, -0.15) is 0 Å². The van der Waals surface area contributed by atoms with Gasteiger partial charge in [-0.05, 0) is 25.7 Å². The van der Waals surface area contributed by atoms with E-state index in [1.165, 1.54) is 6.42 Å². The molecule has 0 aliphatic heterocycles. The van der Waals surface area contributed by atoms with Crippen LogP contribution in [-0.4, -0.2) is 50.7 Å². The van der Waals surface area contributed by atoms with E-state index in [0.717, 1.165) is 32.1 Å². The summed E-state index contributed by atoms with van der Waals surface area (Å²) in [6, 6.07) is 0. The van der Waals surface area contributed by atoms with Crippen molar-refractivity contribution in [2.45, 2.75) is 39.7 Å². The minimum atomic E-state index is -0.421. The van der Waals surface area contributed by atoms with Crippen molar-refractivity contribution in [2.24, 2.45) is 5.92 Å². The van der Waals surface area contributed by atoms with Gasteiger partial charge in [-0.3, -0.25) is 0 Å². The Labute approximate surface area is 106 Å². The lowest BCUT2D eigenvalue weighted by molar-refractivity contribution is 0.0337. The highest BCUT2D eigenvalue weighted by Gasteiger charge is 2.03. The Morgan fingerprint density at radius 3 is 2.59 bits per heavy atom. The van der Waals surface area contributed by atoms with Crippen molar-refractivity contribution < 1.29 is 14.6 Å². The number of rotatable bonds is 12. The smallest absolute Gasteiger partial charge is 0.0897 e. The Morgan fingerprint density at radius 1 is 1.18 bits per heavy atom. The van der Waals surface area contributed by atoms with E-state index in [1.54, 1.807) is 0 Å². The molecule has 0 aromatic carbocycles. The van der Waals surface area contributed by atoms with E-state index < -0.39 is 6.10 Å². The van der Waals surface area contributed by atoms with Gasteiger partial charge in [-0.1, -0.05) is 13.8 Å². The van der Waals surface area contributed by atoms with E-state index in [2.05, 4.69) is 19.2 Å². The highest BCUT2D eigenvalue weighted by molar-refractivity contribution is 4.58. The van der Waals surface area contributed by atoms with Gasteiger partial charge in [0, 0.05) is 26.3 Å². The van der Waals surface area contributed by atoms with Gasteiger partial charge in [-0.15, -0.1) is 0 Å². The van der Waals surface area contributed by atoms with Gasteiger partial charge in [0.25, 0.3) is 0 Å². The molecule has 0 bridgehead atoms. The summed E-state index contributed by atoms with van der Waals surface area (Å²) >= 11 is 0. The Kier molecular flexibility index (Phi) is 12.2. The predicted octanol–water partition coefficient (Wildman–Crippen LogP) is 1.43. The summed E-state index contributed by atoms with van der Waals surface area (Å²) in [5.74, 6) is 0.726. The number of nitrogens with one attached hydrogen (secondary N) is 1. The first kappa shape index (κ1) is 16.8. The van der Waals surface area contributed by atoms with E-state index in [-0.39, 0.29) is 0 Å². The van der Waals surface area contributed by atoms with Crippen LogP contribution in [0.5, 0.6) is 0 Å². The molecule has 0 amide bonds. The lowest BCUT2D eigenvalue weighted by Gasteiger charge is -2.12. The second kappa shape index (κ2) is 12.3. The molecular weight excluding hydrogens is 218 g/mol. The zero-order chi connectivity index (χ0) is 12.9. The van der Waals surface area contributed by atoms with Crippen LogP contribution in [0.3, 0.4) is 0 Å². The van der Waals surface area contributed by atoms with Crippen LogP contribution in [0.1, 0.15) is 33.6 Å². The molecule has 0 aliphatic carbocycles. The largest absolute Gasteiger partial charge is 0.389 e. The fraction of sp³-hybridized carbons (Fsp3) is 1.00. The molecule has 0 saturated heterocycles. The summed E-state index contributed by atoms with van der Waals surface area (Å²) in [7, 11) is 0. The van der Waals surface area contributed by atoms with Crippen LogP contribution in [0.2, 0.25) is 0 Å². The van der Waals surface area contributed by atoms with Crippen LogP contribution in [0.15, 0.2) is 0 Å². The van der Waals surface area contributed by atoms with Gasteiger partial charge in [0.15, 0.2) is 0 Å². The van der Waals surface area contributed by atoms with E-state index >= 15 is 0 Å². The maximum absolute atomic E-state index is 9.59. The maximum Gasteiger partial charge on any atom is 0.0897 e. The zero-order valence-electron chi connectivity index (χ0n) is 11.6. The Morgan fingerprint density at radius 2 is 1.94 bits per heavy atom. The number of hydrogen-bond donors (Lipinski definition) is 2. The van der Waals surface area contributed by atoms with Crippen molar-refractivity contribution in [1.82, 2.24) is 5.32 Å². The summed E-state index contributed by atoms with van der Waals surface area (Å²) in [5.41, 5.74) is 0. The molecule has 0 aromatic heterocycles. The highest BCUT2D eigenvalue weighted by Crippen LogP contribution is 2.03. The first-order valence-electron chi connectivity index (χ1n) is 6.71. The van der Waals surface area contributed by atoms with E-state index in [9.17, 15) is 5.11 Å². The molecule has 1 atom stereocenters. The molecule has 17 heavy (non-hydrogen) atoms. The molecule has 0 heterocycles. The van der Waals surface area contributed by atoms with Crippen molar-refractivity contribution in [3.05, 3.63) is 0 Å². The SMILES string of the molecule is CCOCCNCC(O)COCCCC(C)C. The fourth-order valence-corrected chi connectivity index (χ4v) is 1.43. The van der Waals surface area contributed by atoms with Crippen LogP contribution >= 0.6 is 0 Å². The summed E-state index contributed by atoms with van der Waals surface area (Å²) in [6.07, 6.45) is 1.83. The number of hydrogen-bond acceptors (Lipinski definition) is 4. The minimum Gasteiger partial charge on any atom is -0.389 e. The number of aliphatic hydroxyl groups is 1.